The molecule has 1 aliphatic heterocycles. The maximum atomic E-state index is 12.7. The molecule has 1 aliphatic rings. The molecule has 2 aromatic carbocycles. The molecule has 0 saturated carbocycles. The van der Waals surface area contributed by atoms with Crippen LogP contribution in [0.1, 0.15) is 21.5 Å². The first kappa shape index (κ1) is 24.0. The van der Waals surface area contributed by atoms with Crippen molar-refractivity contribution in [3.8, 4) is 0 Å². The third-order valence-electron chi connectivity index (χ3n) is 4.85. The zero-order valence-corrected chi connectivity index (χ0v) is 18.0. The van der Waals surface area contributed by atoms with E-state index in [0.717, 1.165) is 5.56 Å². The molecule has 10 heteroatoms. The van der Waals surface area contributed by atoms with Gasteiger partial charge in [-0.3, -0.25) is 4.79 Å². The first-order chi connectivity index (χ1) is 15.1. The summed E-state index contributed by atoms with van der Waals surface area (Å²) >= 11 is 0. The Morgan fingerprint density at radius 1 is 0.969 bits per heavy atom. The van der Waals surface area contributed by atoms with Gasteiger partial charge in [-0.1, -0.05) is 42.5 Å². The number of carbonyl (C=O) groups is 1. The molecule has 0 bridgehead atoms. The molecule has 1 saturated heterocycles. The highest BCUT2D eigenvalue weighted by molar-refractivity contribution is 7.92. The lowest BCUT2D eigenvalue weighted by atomic mass is 10.1. The van der Waals surface area contributed by atoms with Crippen molar-refractivity contribution in [1.29, 1.82) is 0 Å². The number of rotatable bonds is 7. The van der Waals surface area contributed by atoms with Gasteiger partial charge in [-0.05, 0) is 29.3 Å². The number of benzene rings is 2. The van der Waals surface area contributed by atoms with Gasteiger partial charge in [0.2, 0.25) is 10.0 Å². The molecule has 2 aromatic rings. The molecular formula is C22H23F3N2O4S. The summed E-state index contributed by atoms with van der Waals surface area (Å²) in [7, 11) is -3.60. The number of piperazine rings is 1. The second-order valence-electron chi connectivity index (χ2n) is 7.25. The van der Waals surface area contributed by atoms with Crippen LogP contribution in [0.3, 0.4) is 0 Å². The molecule has 1 fully saturated rings. The topological polar surface area (TPSA) is 66.9 Å². The zero-order chi connectivity index (χ0) is 23.2. The fourth-order valence-corrected chi connectivity index (χ4v) is 4.34. The Hall–Kier alpha value is -2.69. The molecule has 1 heterocycles. The first-order valence-corrected chi connectivity index (χ1v) is 11.4. The van der Waals surface area contributed by atoms with Gasteiger partial charge in [0, 0.05) is 37.2 Å². The summed E-state index contributed by atoms with van der Waals surface area (Å²) in [6, 6.07) is 15.2. The average Bonchev–Trinajstić information content (AvgIpc) is 2.78. The number of hydrogen-bond acceptors (Lipinski definition) is 4. The number of amides is 1. The van der Waals surface area contributed by atoms with Crippen molar-refractivity contribution in [3.63, 3.8) is 0 Å². The van der Waals surface area contributed by atoms with Crippen LogP contribution in [-0.2, 0) is 21.4 Å². The molecule has 172 valence electrons. The summed E-state index contributed by atoms with van der Waals surface area (Å²) in [5.41, 5.74) is 1.67. The van der Waals surface area contributed by atoms with Gasteiger partial charge in [-0.25, -0.2) is 8.42 Å². The third-order valence-corrected chi connectivity index (χ3v) is 6.42. The van der Waals surface area contributed by atoms with Crippen molar-refractivity contribution in [2.24, 2.45) is 0 Å². The second-order valence-corrected chi connectivity index (χ2v) is 9.07. The lowest BCUT2D eigenvalue weighted by Crippen LogP contribution is -2.50. The molecule has 0 aromatic heterocycles. The highest BCUT2D eigenvalue weighted by Gasteiger charge is 2.28. The molecule has 3 rings (SSSR count). The number of nitrogens with zero attached hydrogens (tertiary/aromatic N) is 2. The quantitative estimate of drug-likeness (QED) is 0.624. The van der Waals surface area contributed by atoms with Gasteiger partial charge in [0.05, 0.1) is 6.61 Å². The van der Waals surface area contributed by atoms with Crippen molar-refractivity contribution in [2.45, 2.75) is 12.8 Å². The molecule has 32 heavy (non-hydrogen) atoms. The number of ether oxygens (including phenoxy) is 1. The third kappa shape index (κ3) is 6.91. The average molecular weight is 468 g/mol. The van der Waals surface area contributed by atoms with Crippen molar-refractivity contribution < 1.29 is 31.1 Å². The Balaban J connectivity index is 1.52. The number of alkyl halides is 3. The van der Waals surface area contributed by atoms with Gasteiger partial charge < -0.3 is 9.64 Å². The molecule has 1 amide bonds. The lowest BCUT2D eigenvalue weighted by Gasteiger charge is -2.33. The van der Waals surface area contributed by atoms with Crippen LogP contribution < -0.4 is 0 Å². The van der Waals surface area contributed by atoms with Crippen molar-refractivity contribution in [2.75, 3.05) is 32.8 Å². The molecule has 0 radical (unpaired) electrons. The summed E-state index contributed by atoms with van der Waals surface area (Å²) in [5, 5.41) is 1.17. The van der Waals surface area contributed by atoms with E-state index < -0.39 is 22.8 Å². The maximum absolute atomic E-state index is 12.7. The van der Waals surface area contributed by atoms with E-state index in [4.69, 9.17) is 0 Å². The van der Waals surface area contributed by atoms with E-state index in [0.29, 0.717) is 11.1 Å². The first-order valence-electron chi connectivity index (χ1n) is 9.90. The summed E-state index contributed by atoms with van der Waals surface area (Å²) < 4.78 is 67.4. The van der Waals surface area contributed by atoms with E-state index in [9.17, 15) is 26.4 Å². The SMILES string of the molecule is O=C(c1ccc(COCC(F)(F)F)cc1)N1CCN(S(=O)(=O)/C=C/c2ccccc2)CC1. The minimum absolute atomic E-state index is 0.177. The summed E-state index contributed by atoms with van der Waals surface area (Å²) in [6.45, 7) is -0.697. The molecule has 0 unspecified atom stereocenters. The van der Waals surface area contributed by atoms with Crippen LogP contribution in [0.5, 0.6) is 0 Å². The fourth-order valence-electron chi connectivity index (χ4n) is 3.17. The normalized spacial score (nSPS) is 15.9. The predicted molar refractivity (Wildman–Crippen MR) is 114 cm³/mol. The Kier molecular flexibility index (Phi) is 7.70. The molecule has 0 N–H and O–H groups in total. The molecule has 0 aliphatic carbocycles. The Bertz CT molecular complexity index is 1030. The van der Waals surface area contributed by atoms with Gasteiger partial charge in [0.1, 0.15) is 6.61 Å². The van der Waals surface area contributed by atoms with E-state index in [1.54, 1.807) is 29.2 Å². The number of hydrogen-bond donors (Lipinski definition) is 0. The molecule has 6 nitrogen and oxygen atoms in total. The summed E-state index contributed by atoms with van der Waals surface area (Å²) in [5.74, 6) is -0.260. The second kappa shape index (κ2) is 10.3. The number of sulfonamides is 1. The fraction of sp³-hybridized carbons (Fsp3) is 0.318. The van der Waals surface area contributed by atoms with E-state index >= 15 is 0 Å². The van der Waals surface area contributed by atoms with Crippen molar-refractivity contribution >= 4 is 22.0 Å². The van der Waals surface area contributed by atoms with Gasteiger partial charge in [0.25, 0.3) is 5.91 Å². The van der Waals surface area contributed by atoms with Crippen LogP contribution in [0.25, 0.3) is 6.08 Å². The summed E-state index contributed by atoms with van der Waals surface area (Å²) in [4.78, 5) is 14.2. The standard InChI is InChI=1S/C22H23F3N2O4S/c23-22(24,25)17-31-16-19-6-8-20(9-7-19)21(28)26-11-13-27(14-12-26)32(29,30)15-10-18-4-2-1-3-5-18/h1-10,15H,11-14,16-17H2/b15-10+. The van der Waals surface area contributed by atoms with Crippen LogP contribution in [0.2, 0.25) is 0 Å². The Labute approximate surface area is 184 Å². The predicted octanol–water partition coefficient (Wildman–Crippen LogP) is 3.52. The molecule has 0 spiro atoms. The van der Waals surface area contributed by atoms with Crippen molar-refractivity contribution in [1.82, 2.24) is 9.21 Å². The monoisotopic (exact) mass is 468 g/mol. The molecule has 0 atom stereocenters. The summed E-state index contributed by atoms with van der Waals surface area (Å²) in [6.07, 6.45) is -2.85. The minimum atomic E-state index is -4.39. The molecular weight excluding hydrogens is 445 g/mol. The van der Waals surface area contributed by atoms with Gasteiger partial charge in [0.15, 0.2) is 0 Å². The smallest absolute Gasteiger partial charge is 0.367 e. The highest BCUT2D eigenvalue weighted by atomic mass is 32.2. The lowest BCUT2D eigenvalue weighted by molar-refractivity contribution is -0.176. The van der Waals surface area contributed by atoms with E-state index in [2.05, 4.69) is 4.74 Å². The largest absolute Gasteiger partial charge is 0.411 e. The highest BCUT2D eigenvalue weighted by Crippen LogP contribution is 2.17. The number of carbonyl (C=O) groups excluding carboxylic acids is 1. The van der Waals surface area contributed by atoms with Gasteiger partial charge >= 0.3 is 6.18 Å². The van der Waals surface area contributed by atoms with Crippen LogP contribution in [0, 0.1) is 0 Å². The van der Waals surface area contributed by atoms with E-state index in [-0.39, 0.29) is 38.7 Å². The van der Waals surface area contributed by atoms with Gasteiger partial charge in [-0.15, -0.1) is 0 Å². The van der Waals surface area contributed by atoms with Crippen LogP contribution in [-0.4, -0.2) is 62.5 Å². The van der Waals surface area contributed by atoms with Gasteiger partial charge in [-0.2, -0.15) is 17.5 Å². The maximum Gasteiger partial charge on any atom is 0.411 e. The van der Waals surface area contributed by atoms with E-state index in [1.165, 1.54) is 27.9 Å². The minimum Gasteiger partial charge on any atom is -0.367 e. The zero-order valence-electron chi connectivity index (χ0n) is 17.2. The number of halogens is 3. The van der Waals surface area contributed by atoms with Crippen molar-refractivity contribution in [3.05, 3.63) is 76.7 Å². The Morgan fingerprint density at radius 2 is 1.59 bits per heavy atom. The van der Waals surface area contributed by atoms with E-state index in [1.807, 2.05) is 18.2 Å². The van der Waals surface area contributed by atoms with Crippen LogP contribution in [0.4, 0.5) is 13.2 Å². The Morgan fingerprint density at radius 3 is 2.19 bits per heavy atom. The van der Waals surface area contributed by atoms with Crippen LogP contribution in [0.15, 0.2) is 60.0 Å². The van der Waals surface area contributed by atoms with Crippen LogP contribution >= 0.6 is 0 Å².